The highest BCUT2D eigenvalue weighted by molar-refractivity contribution is 7.48. The first-order valence-electron chi connectivity index (χ1n) is 15.3. The third-order valence-electron chi connectivity index (χ3n) is 5.55. The molecule has 1 atom stereocenters. The lowest BCUT2D eigenvalue weighted by Crippen LogP contribution is -2.35. The number of phosphoric ester groups is 2. The minimum Gasteiger partial charge on any atom is -0.756 e. The van der Waals surface area contributed by atoms with E-state index in [9.17, 15) is 14.0 Å². The lowest BCUT2D eigenvalue weighted by atomic mass is 10.3. The summed E-state index contributed by atoms with van der Waals surface area (Å²) in [6.45, 7) is 15.3. The number of aliphatic imine (C=N–C) groups is 1. The van der Waals surface area contributed by atoms with Gasteiger partial charge in [0.25, 0.3) is 7.82 Å². The molecule has 0 aromatic heterocycles. The van der Waals surface area contributed by atoms with Gasteiger partial charge in [0.15, 0.2) is 6.34 Å². The monoisotopic (exact) mass is 614 g/mol. The molecule has 1 rings (SSSR count). The van der Waals surface area contributed by atoms with Gasteiger partial charge >= 0.3 is 7.82 Å². The fourth-order valence-electron chi connectivity index (χ4n) is 2.80. The van der Waals surface area contributed by atoms with Crippen LogP contribution < -0.4 is 4.89 Å². The van der Waals surface area contributed by atoms with E-state index >= 15 is 0 Å². The van der Waals surface area contributed by atoms with E-state index in [-0.39, 0.29) is 13.2 Å². The molecule has 0 saturated carbocycles. The van der Waals surface area contributed by atoms with Crippen molar-refractivity contribution < 1.29 is 41.1 Å². The summed E-state index contributed by atoms with van der Waals surface area (Å²) >= 11 is 0. The largest absolute Gasteiger partial charge is 0.756 e. The van der Waals surface area contributed by atoms with Crippen molar-refractivity contribution in [2.24, 2.45) is 4.99 Å². The van der Waals surface area contributed by atoms with E-state index in [0.29, 0.717) is 19.8 Å². The molecule has 1 aliphatic rings. The van der Waals surface area contributed by atoms with Crippen LogP contribution in [0.2, 0.25) is 0 Å². The molecule has 0 bridgehead atoms. The van der Waals surface area contributed by atoms with Crippen molar-refractivity contribution in [1.29, 1.82) is 0 Å². The van der Waals surface area contributed by atoms with E-state index in [0.717, 1.165) is 68.7 Å². The van der Waals surface area contributed by atoms with Gasteiger partial charge in [-0.3, -0.25) is 22.6 Å². The van der Waals surface area contributed by atoms with Crippen LogP contribution in [0.3, 0.4) is 0 Å². The fourth-order valence-corrected chi connectivity index (χ4v) is 4.87. The molecule has 0 amide bonds. The maximum Gasteiger partial charge on any atom is 0.474 e. The summed E-state index contributed by atoms with van der Waals surface area (Å²) in [5.74, 6) is 0. The molecular weight excluding hydrogens is 554 g/mol. The van der Waals surface area contributed by atoms with Crippen molar-refractivity contribution in [2.45, 2.75) is 119 Å². The van der Waals surface area contributed by atoms with Gasteiger partial charge in [-0.1, -0.05) is 80.1 Å². The zero-order valence-electron chi connectivity index (χ0n) is 26.5. The van der Waals surface area contributed by atoms with Crippen LogP contribution in [-0.2, 0) is 31.7 Å². The molecule has 0 saturated heterocycles. The molecule has 0 aromatic rings. The minimum atomic E-state index is -4.00. The lowest BCUT2D eigenvalue weighted by Gasteiger charge is -2.22. The Hall–Kier alpha value is -0.410. The van der Waals surface area contributed by atoms with Gasteiger partial charge in [-0.15, -0.1) is 0 Å². The first-order valence-corrected chi connectivity index (χ1v) is 18.2. The van der Waals surface area contributed by atoms with Gasteiger partial charge in [0.2, 0.25) is 0 Å². The lowest BCUT2D eigenvalue weighted by molar-refractivity contribution is -0.756. The molecule has 1 heterocycles. The third kappa shape index (κ3) is 26.5. The molecule has 0 spiro atoms. The first kappa shape index (κ1) is 41.7. The van der Waals surface area contributed by atoms with E-state index in [1.165, 1.54) is 19.4 Å². The molecule has 0 N–H and O–H groups in total. The van der Waals surface area contributed by atoms with Crippen LogP contribution in [0.15, 0.2) is 17.4 Å². The number of hydrogen-bond acceptors (Lipinski definition) is 9. The normalized spacial score (nSPS) is 16.4. The predicted molar refractivity (Wildman–Crippen MR) is 163 cm³/mol. The Labute approximate surface area is 245 Å². The topological polar surface area (TPSA) is 116 Å². The predicted octanol–water partition coefficient (Wildman–Crippen LogP) is 8.38. The van der Waals surface area contributed by atoms with Gasteiger partial charge in [0, 0.05) is 0 Å². The zero-order valence-corrected chi connectivity index (χ0v) is 28.3. The molecule has 10 nitrogen and oxygen atoms in total. The van der Waals surface area contributed by atoms with Gasteiger partial charge in [0.05, 0.1) is 52.8 Å². The van der Waals surface area contributed by atoms with Crippen LogP contribution in [0.25, 0.3) is 0 Å². The molecule has 240 valence electrons. The van der Waals surface area contributed by atoms with E-state index < -0.39 is 15.6 Å². The van der Waals surface area contributed by atoms with Crippen LogP contribution in [-0.4, -0.2) is 57.4 Å². The summed E-state index contributed by atoms with van der Waals surface area (Å²) in [6, 6.07) is 0. The Kier molecular flexibility index (Phi) is 28.6. The maximum atomic E-state index is 12.2. The first-order chi connectivity index (χ1) is 19.1. The number of rotatable bonds is 23. The highest BCUT2D eigenvalue weighted by Gasteiger charge is 2.25. The SMILES string of the molecule is CCCCOP(=O)(OCCCC)OCCCC.CCCCOP(=O)([O-])OCCCC.CCCC[N+]1(C)C=CN=C1. The Bertz CT molecular complexity index is 663. The average Bonchev–Trinajstić information content (AvgIpc) is 3.35. The molecule has 12 heteroatoms. The summed E-state index contributed by atoms with van der Waals surface area (Å²) in [7, 11) is -5.14. The molecular formula is C28H60N2O8P2. The Morgan fingerprint density at radius 2 is 0.975 bits per heavy atom. The van der Waals surface area contributed by atoms with Crippen LogP contribution >= 0.6 is 15.6 Å². The van der Waals surface area contributed by atoms with Crippen LogP contribution in [0, 0.1) is 0 Å². The molecule has 40 heavy (non-hydrogen) atoms. The number of unbranched alkanes of at least 4 members (excludes halogenated alkanes) is 6. The second-order valence-electron chi connectivity index (χ2n) is 9.82. The summed E-state index contributed by atoms with van der Waals surface area (Å²) in [5.41, 5.74) is 0. The van der Waals surface area contributed by atoms with Crippen molar-refractivity contribution in [3.8, 4) is 0 Å². The number of hydrogen-bond donors (Lipinski definition) is 0. The van der Waals surface area contributed by atoms with Crippen molar-refractivity contribution >= 4 is 22.0 Å². The highest BCUT2D eigenvalue weighted by Crippen LogP contribution is 2.49. The maximum absolute atomic E-state index is 12.2. The number of nitrogens with zero attached hydrogens (tertiary/aromatic N) is 2. The van der Waals surface area contributed by atoms with Gasteiger partial charge in [0.1, 0.15) is 6.20 Å². The van der Waals surface area contributed by atoms with Crippen LogP contribution in [0.4, 0.5) is 0 Å². The second kappa shape index (κ2) is 27.4. The third-order valence-corrected chi connectivity index (χ3v) is 8.05. The summed E-state index contributed by atoms with van der Waals surface area (Å²) in [4.78, 5) is 15.0. The molecule has 1 aliphatic heterocycles. The quantitative estimate of drug-likeness (QED) is 0.0640. The molecule has 0 aromatic carbocycles. The minimum absolute atomic E-state index is 0.226. The standard InChI is InChI=1S/C12H27O4P.C8H15N2.C8H19O4P/c1-4-7-10-14-17(13,15-11-8-5-2)16-12-9-6-3;1-3-4-6-10(2)7-5-9-8-10;1-3-5-7-11-13(9,10)12-8-6-4-2/h4-12H2,1-3H3;5,7-8H,3-4,6H2,1-2H3;3-8H2,1-2H3,(H,9,10)/q;+1;/p-1. The van der Waals surface area contributed by atoms with Gasteiger partial charge in [-0.25, -0.2) is 9.56 Å². The van der Waals surface area contributed by atoms with Crippen molar-refractivity contribution in [3.05, 3.63) is 12.4 Å². The summed E-state index contributed by atoms with van der Waals surface area (Å²) in [6.07, 6.45) is 17.4. The molecule has 0 aliphatic carbocycles. The van der Waals surface area contributed by atoms with Crippen LogP contribution in [0.5, 0.6) is 0 Å². The molecule has 0 fully saturated rings. The Morgan fingerprint density at radius 3 is 1.27 bits per heavy atom. The number of phosphoric acid groups is 2. The fraction of sp³-hybridized carbons (Fsp3) is 0.893. The summed E-state index contributed by atoms with van der Waals surface area (Å²) < 4.78 is 49.0. The van der Waals surface area contributed by atoms with Crippen molar-refractivity contribution in [3.63, 3.8) is 0 Å². The van der Waals surface area contributed by atoms with Gasteiger partial charge in [-0.2, -0.15) is 0 Å². The Morgan fingerprint density at radius 1 is 0.625 bits per heavy atom. The Balaban J connectivity index is 0. The second-order valence-corrected chi connectivity index (χ2v) is 12.9. The smallest absolute Gasteiger partial charge is 0.474 e. The van der Waals surface area contributed by atoms with Gasteiger partial charge in [-0.05, 0) is 38.5 Å². The zero-order chi connectivity index (χ0) is 30.6. The van der Waals surface area contributed by atoms with E-state index in [4.69, 9.17) is 13.6 Å². The van der Waals surface area contributed by atoms with Gasteiger partial charge < -0.3 is 13.9 Å². The highest BCUT2D eigenvalue weighted by atomic mass is 31.2. The van der Waals surface area contributed by atoms with Crippen LogP contribution in [0.1, 0.15) is 119 Å². The van der Waals surface area contributed by atoms with Crippen molar-refractivity contribution in [1.82, 2.24) is 0 Å². The molecule has 0 radical (unpaired) electrons. The number of quaternary nitrogens is 1. The van der Waals surface area contributed by atoms with E-state index in [1.54, 1.807) is 0 Å². The van der Waals surface area contributed by atoms with Crippen molar-refractivity contribution in [2.75, 3.05) is 46.6 Å². The molecule has 1 unspecified atom stereocenters. The summed E-state index contributed by atoms with van der Waals surface area (Å²) in [5, 5.41) is 0. The van der Waals surface area contributed by atoms with E-state index in [1.807, 2.05) is 26.4 Å². The van der Waals surface area contributed by atoms with E-state index in [2.05, 4.69) is 55.0 Å². The average molecular weight is 615 g/mol.